The van der Waals surface area contributed by atoms with Crippen molar-refractivity contribution in [3.05, 3.63) is 17.7 Å². The Labute approximate surface area is 93.4 Å². The van der Waals surface area contributed by atoms with Gasteiger partial charge < -0.3 is 4.74 Å². The Balaban J connectivity index is 3.54. The van der Waals surface area contributed by atoms with Crippen molar-refractivity contribution >= 4 is 19.7 Å². The minimum Gasteiger partial charge on any atom is -0.492 e. The molecule has 0 saturated heterocycles. The number of hydrogen-bond donors (Lipinski definition) is 0. The molecule has 9 heteroatoms. The number of methoxy groups -OCH3 is 1. The molecule has 0 aliphatic carbocycles. The fourth-order valence-corrected chi connectivity index (χ4v) is 1.89. The van der Waals surface area contributed by atoms with Crippen LogP contribution in [0.15, 0.2) is 11.1 Å². The fraction of sp³-hybridized carbons (Fsp3) is 0.286. The van der Waals surface area contributed by atoms with Gasteiger partial charge in [0.2, 0.25) is 0 Å². The van der Waals surface area contributed by atoms with Crippen molar-refractivity contribution in [3.63, 3.8) is 0 Å². The maximum atomic E-state index is 13.3. The molecule has 0 aliphatic heterocycles. The number of rotatable bonds is 3. The van der Waals surface area contributed by atoms with E-state index in [4.69, 9.17) is 10.7 Å². The standard InChI is InChI=1S/C7H5ClF3NO3S/c1-15-6-3(16(8,13)14)2-12-5(4(6)9)7(10)11/h2,7H,1H3. The number of halogens is 4. The Morgan fingerprint density at radius 3 is 2.44 bits per heavy atom. The Kier molecular flexibility index (Phi) is 3.64. The third-order valence-electron chi connectivity index (χ3n) is 1.64. The number of aromatic nitrogens is 1. The molecule has 1 heterocycles. The second-order valence-electron chi connectivity index (χ2n) is 2.59. The predicted molar refractivity (Wildman–Crippen MR) is 48.7 cm³/mol. The quantitative estimate of drug-likeness (QED) is 0.793. The number of hydrogen-bond acceptors (Lipinski definition) is 4. The van der Waals surface area contributed by atoms with E-state index in [0.29, 0.717) is 6.20 Å². The molecule has 1 aromatic heterocycles. The first kappa shape index (κ1) is 13.0. The van der Waals surface area contributed by atoms with Gasteiger partial charge in [0.1, 0.15) is 10.6 Å². The summed E-state index contributed by atoms with van der Waals surface area (Å²) in [5, 5.41) is 0. The second-order valence-corrected chi connectivity index (χ2v) is 5.13. The van der Waals surface area contributed by atoms with Gasteiger partial charge in [-0.25, -0.2) is 21.6 Å². The molecule has 0 aliphatic rings. The van der Waals surface area contributed by atoms with Crippen LogP contribution in [0.2, 0.25) is 0 Å². The molecule has 0 saturated carbocycles. The molecule has 0 spiro atoms. The SMILES string of the molecule is COc1c(S(=O)(=O)Cl)cnc(C(F)F)c1F. The van der Waals surface area contributed by atoms with Crippen LogP contribution in [0.4, 0.5) is 13.2 Å². The van der Waals surface area contributed by atoms with Crippen LogP contribution in [0.5, 0.6) is 5.75 Å². The average Bonchev–Trinajstić information content (AvgIpc) is 2.15. The molecule has 0 unspecified atom stereocenters. The summed E-state index contributed by atoms with van der Waals surface area (Å²) in [7, 11) is 1.56. The Morgan fingerprint density at radius 2 is 2.06 bits per heavy atom. The first-order valence-corrected chi connectivity index (χ1v) is 6.05. The summed E-state index contributed by atoms with van der Waals surface area (Å²) in [6, 6.07) is 0. The molecule has 4 nitrogen and oxygen atoms in total. The van der Waals surface area contributed by atoms with E-state index in [1.54, 1.807) is 0 Å². The summed E-state index contributed by atoms with van der Waals surface area (Å²) in [4.78, 5) is 2.19. The van der Waals surface area contributed by atoms with Gasteiger partial charge in [-0.1, -0.05) is 0 Å². The topological polar surface area (TPSA) is 56.3 Å². The third-order valence-corrected chi connectivity index (χ3v) is 2.96. The third kappa shape index (κ3) is 2.38. The first-order valence-electron chi connectivity index (χ1n) is 3.74. The Morgan fingerprint density at radius 1 is 1.50 bits per heavy atom. The normalized spacial score (nSPS) is 11.9. The number of alkyl halides is 2. The zero-order valence-corrected chi connectivity index (χ0v) is 9.32. The predicted octanol–water partition coefficient (Wildman–Crippen LogP) is 2.09. The zero-order valence-electron chi connectivity index (χ0n) is 7.75. The van der Waals surface area contributed by atoms with Crippen LogP contribution in [-0.4, -0.2) is 20.5 Å². The van der Waals surface area contributed by atoms with Crippen LogP contribution < -0.4 is 4.74 Å². The minimum absolute atomic E-state index is 0.520. The molecule has 1 aromatic rings. The summed E-state index contributed by atoms with van der Waals surface area (Å²) in [5.74, 6) is -2.42. The van der Waals surface area contributed by atoms with Crippen LogP contribution in [0, 0.1) is 5.82 Å². The van der Waals surface area contributed by atoms with Crippen molar-refractivity contribution < 1.29 is 26.3 Å². The molecule has 0 fully saturated rings. The van der Waals surface area contributed by atoms with Gasteiger partial charge in [0.15, 0.2) is 11.6 Å². The van der Waals surface area contributed by atoms with Gasteiger partial charge in [0, 0.05) is 10.7 Å². The summed E-state index contributed by atoms with van der Waals surface area (Å²) in [6.45, 7) is 0. The van der Waals surface area contributed by atoms with Gasteiger partial charge in [0.25, 0.3) is 15.5 Å². The van der Waals surface area contributed by atoms with Gasteiger partial charge in [-0.2, -0.15) is 0 Å². The number of ether oxygens (including phenoxy) is 1. The highest BCUT2D eigenvalue weighted by molar-refractivity contribution is 8.13. The lowest BCUT2D eigenvalue weighted by atomic mass is 10.3. The van der Waals surface area contributed by atoms with Gasteiger partial charge in [-0.3, -0.25) is 4.98 Å². The molecular formula is C7H5ClF3NO3S. The molecule has 0 atom stereocenters. The molecular weight excluding hydrogens is 271 g/mol. The van der Waals surface area contributed by atoms with Crippen molar-refractivity contribution in [3.8, 4) is 5.75 Å². The number of nitrogens with zero attached hydrogens (tertiary/aromatic N) is 1. The van der Waals surface area contributed by atoms with E-state index in [-0.39, 0.29) is 0 Å². The maximum absolute atomic E-state index is 13.3. The highest BCUT2D eigenvalue weighted by atomic mass is 35.7. The Hall–Kier alpha value is -1.02. The van der Waals surface area contributed by atoms with Crippen LogP contribution >= 0.6 is 10.7 Å². The van der Waals surface area contributed by atoms with Crippen LogP contribution in [0.25, 0.3) is 0 Å². The second kappa shape index (κ2) is 4.46. The minimum atomic E-state index is -4.31. The lowest BCUT2D eigenvalue weighted by molar-refractivity contribution is 0.139. The first-order chi connectivity index (χ1) is 7.29. The van der Waals surface area contributed by atoms with E-state index < -0.39 is 37.6 Å². The lowest BCUT2D eigenvalue weighted by Crippen LogP contribution is -2.05. The molecule has 0 bridgehead atoms. The molecule has 0 aromatic carbocycles. The average molecular weight is 276 g/mol. The van der Waals surface area contributed by atoms with E-state index in [1.165, 1.54) is 0 Å². The van der Waals surface area contributed by atoms with E-state index >= 15 is 0 Å². The van der Waals surface area contributed by atoms with Crippen LogP contribution in [0.3, 0.4) is 0 Å². The summed E-state index contributed by atoms with van der Waals surface area (Å²) in [5.41, 5.74) is -1.19. The Bertz CT molecular complexity index is 506. The van der Waals surface area contributed by atoms with Crippen molar-refractivity contribution in [2.45, 2.75) is 11.3 Å². The van der Waals surface area contributed by atoms with Gasteiger partial charge >= 0.3 is 0 Å². The van der Waals surface area contributed by atoms with Crippen molar-refractivity contribution in [2.24, 2.45) is 0 Å². The number of pyridine rings is 1. The fourth-order valence-electron chi connectivity index (χ4n) is 0.984. The molecule has 0 amide bonds. The largest absolute Gasteiger partial charge is 0.492 e. The summed E-state index contributed by atoms with van der Waals surface area (Å²) in [6.07, 6.45) is -2.66. The highest BCUT2D eigenvalue weighted by Crippen LogP contribution is 2.33. The van der Waals surface area contributed by atoms with E-state index in [2.05, 4.69) is 9.72 Å². The van der Waals surface area contributed by atoms with Gasteiger partial charge in [-0.05, 0) is 0 Å². The smallest absolute Gasteiger partial charge is 0.283 e. The van der Waals surface area contributed by atoms with Crippen LogP contribution in [0.1, 0.15) is 12.1 Å². The van der Waals surface area contributed by atoms with Crippen LogP contribution in [-0.2, 0) is 9.05 Å². The van der Waals surface area contributed by atoms with Crippen molar-refractivity contribution in [2.75, 3.05) is 7.11 Å². The lowest BCUT2D eigenvalue weighted by Gasteiger charge is -2.09. The van der Waals surface area contributed by atoms with Crippen molar-refractivity contribution in [1.82, 2.24) is 4.98 Å². The molecule has 0 radical (unpaired) electrons. The zero-order chi connectivity index (χ0) is 12.5. The molecule has 1 rings (SSSR count). The molecule has 0 N–H and O–H groups in total. The molecule has 16 heavy (non-hydrogen) atoms. The summed E-state index contributed by atoms with van der Waals surface area (Å²) >= 11 is 0. The van der Waals surface area contributed by atoms with E-state index in [0.717, 1.165) is 7.11 Å². The van der Waals surface area contributed by atoms with Crippen molar-refractivity contribution in [1.29, 1.82) is 0 Å². The maximum Gasteiger partial charge on any atom is 0.283 e. The van der Waals surface area contributed by atoms with Gasteiger partial charge in [-0.15, -0.1) is 0 Å². The summed E-state index contributed by atoms with van der Waals surface area (Å²) < 4.78 is 64.0. The highest BCUT2D eigenvalue weighted by Gasteiger charge is 2.27. The molecule has 90 valence electrons. The van der Waals surface area contributed by atoms with E-state index in [9.17, 15) is 21.6 Å². The van der Waals surface area contributed by atoms with Gasteiger partial charge in [0.05, 0.1) is 13.3 Å². The monoisotopic (exact) mass is 275 g/mol. The van der Waals surface area contributed by atoms with E-state index in [1.807, 2.05) is 0 Å².